The SMILES string of the molecule is CCCc1ccc2c(N)c(C(=O)Nc3ccccc3C#N)sc2n1. The van der Waals surface area contributed by atoms with E-state index < -0.39 is 0 Å². The molecule has 120 valence electrons. The van der Waals surface area contributed by atoms with Gasteiger partial charge in [-0.15, -0.1) is 11.3 Å². The number of hydrogen-bond donors (Lipinski definition) is 2. The van der Waals surface area contributed by atoms with Crippen molar-refractivity contribution >= 4 is 38.8 Å². The second-order valence-corrected chi connectivity index (χ2v) is 6.36. The number of carbonyl (C=O) groups excluding carboxylic acids is 1. The standard InChI is InChI=1S/C18H16N4OS/c1-2-5-12-8-9-13-15(20)16(24-18(13)21-12)17(23)22-14-7-4-3-6-11(14)10-19/h3-4,6-9H,2,5,20H2,1H3,(H,22,23). The normalized spacial score (nSPS) is 10.5. The molecule has 3 rings (SSSR count). The van der Waals surface area contributed by atoms with E-state index in [1.807, 2.05) is 12.1 Å². The maximum atomic E-state index is 12.6. The zero-order chi connectivity index (χ0) is 17.1. The average Bonchev–Trinajstić information content (AvgIpc) is 2.92. The van der Waals surface area contributed by atoms with Gasteiger partial charge in [-0.1, -0.05) is 25.5 Å². The predicted octanol–water partition coefficient (Wildman–Crippen LogP) is 3.95. The first-order valence-corrected chi connectivity index (χ1v) is 8.44. The largest absolute Gasteiger partial charge is 0.397 e. The highest BCUT2D eigenvalue weighted by Crippen LogP contribution is 2.33. The van der Waals surface area contributed by atoms with Crippen LogP contribution in [-0.2, 0) is 6.42 Å². The molecule has 24 heavy (non-hydrogen) atoms. The van der Waals surface area contributed by atoms with Gasteiger partial charge in [-0.2, -0.15) is 5.26 Å². The van der Waals surface area contributed by atoms with Gasteiger partial charge < -0.3 is 11.1 Å². The molecule has 0 fully saturated rings. The number of carbonyl (C=O) groups is 1. The Balaban J connectivity index is 1.95. The number of pyridine rings is 1. The molecule has 1 amide bonds. The summed E-state index contributed by atoms with van der Waals surface area (Å²) < 4.78 is 0. The molecule has 0 saturated carbocycles. The zero-order valence-corrected chi connectivity index (χ0v) is 14.0. The van der Waals surface area contributed by atoms with Gasteiger partial charge in [0.15, 0.2) is 0 Å². The van der Waals surface area contributed by atoms with Crippen molar-refractivity contribution in [3.63, 3.8) is 0 Å². The van der Waals surface area contributed by atoms with Gasteiger partial charge in [0, 0.05) is 11.1 Å². The van der Waals surface area contributed by atoms with Crippen LogP contribution in [0.15, 0.2) is 36.4 Å². The number of thiophene rings is 1. The van der Waals surface area contributed by atoms with Crippen molar-refractivity contribution in [1.29, 1.82) is 5.26 Å². The number of amides is 1. The summed E-state index contributed by atoms with van der Waals surface area (Å²) in [6.07, 6.45) is 1.91. The third-order valence-electron chi connectivity index (χ3n) is 3.66. The van der Waals surface area contributed by atoms with Gasteiger partial charge in [0.2, 0.25) is 0 Å². The number of rotatable bonds is 4. The van der Waals surface area contributed by atoms with Crippen LogP contribution in [0.5, 0.6) is 0 Å². The minimum atomic E-state index is -0.324. The lowest BCUT2D eigenvalue weighted by atomic mass is 10.2. The lowest BCUT2D eigenvalue weighted by Gasteiger charge is -2.05. The first kappa shape index (κ1) is 16.0. The highest BCUT2D eigenvalue weighted by atomic mass is 32.1. The Morgan fingerprint density at radius 3 is 2.88 bits per heavy atom. The maximum Gasteiger partial charge on any atom is 0.267 e. The summed E-state index contributed by atoms with van der Waals surface area (Å²) in [6.45, 7) is 2.10. The van der Waals surface area contributed by atoms with E-state index in [1.54, 1.807) is 24.3 Å². The van der Waals surface area contributed by atoms with Crippen molar-refractivity contribution in [3.05, 3.63) is 52.5 Å². The van der Waals surface area contributed by atoms with Gasteiger partial charge in [0.1, 0.15) is 15.8 Å². The minimum absolute atomic E-state index is 0.324. The molecule has 3 N–H and O–H groups in total. The van der Waals surface area contributed by atoms with Gasteiger partial charge in [-0.05, 0) is 30.7 Å². The number of nitriles is 1. The Labute approximate surface area is 143 Å². The van der Waals surface area contributed by atoms with Crippen LogP contribution in [0.3, 0.4) is 0 Å². The van der Waals surface area contributed by atoms with Crippen molar-refractivity contribution in [2.24, 2.45) is 0 Å². The monoisotopic (exact) mass is 336 g/mol. The highest BCUT2D eigenvalue weighted by molar-refractivity contribution is 7.21. The molecule has 3 aromatic rings. The molecule has 0 bridgehead atoms. The average molecular weight is 336 g/mol. The summed E-state index contributed by atoms with van der Waals surface area (Å²) in [5.74, 6) is -0.324. The number of fused-ring (bicyclic) bond motifs is 1. The maximum absolute atomic E-state index is 12.6. The van der Waals surface area contributed by atoms with Crippen LogP contribution < -0.4 is 11.1 Å². The first-order chi connectivity index (χ1) is 11.6. The summed E-state index contributed by atoms with van der Waals surface area (Å²) in [5.41, 5.74) is 8.44. The number of nitrogen functional groups attached to an aromatic ring is 1. The van der Waals surface area contributed by atoms with Crippen LogP contribution in [0.4, 0.5) is 11.4 Å². The topological polar surface area (TPSA) is 91.8 Å². The third-order valence-corrected chi connectivity index (χ3v) is 4.77. The number of anilines is 2. The smallest absolute Gasteiger partial charge is 0.267 e. The number of benzene rings is 1. The van der Waals surface area contributed by atoms with E-state index in [-0.39, 0.29) is 5.91 Å². The Bertz CT molecular complexity index is 955. The van der Waals surface area contributed by atoms with Crippen molar-refractivity contribution < 1.29 is 4.79 Å². The summed E-state index contributed by atoms with van der Waals surface area (Å²) in [6, 6.07) is 12.8. The van der Waals surface area contributed by atoms with E-state index in [9.17, 15) is 4.79 Å². The molecule has 0 aliphatic rings. The predicted molar refractivity (Wildman–Crippen MR) is 97.1 cm³/mol. The van der Waals surface area contributed by atoms with Gasteiger partial charge in [0.05, 0.1) is 16.9 Å². The third kappa shape index (κ3) is 2.94. The lowest BCUT2D eigenvalue weighted by Crippen LogP contribution is -2.12. The second-order valence-electron chi connectivity index (χ2n) is 5.36. The molecule has 2 heterocycles. The molecule has 0 spiro atoms. The number of nitrogens with zero attached hydrogens (tertiary/aromatic N) is 2. The number of aromatic nitrogens is 1. The molecular weight excluding hydrogens is 320 g/mol. The van der Waals surface area contributed by atoms with Crippen molar-refractivity contribution in [1.82, 2.24) is 4.98 Å². The molecule has 0 radical (unpaired) electrons. The molecule has 1 aromatic carbocycles. The fourth-order valence-electron chi connectivity index (χ4n) is 2.47. The zero-order valence-electron chi connectivity index (χ0n) is 13.2. The Hall–Kier alpha value is -2.91. The number of para-hydroxylation sites is 1. The number of aryl methyl sites for hydroxylation is 1. The molecular formula is C18H16N4OS. The van der Waals surface area contributed by atoms with E-state index in [2.05, 4.69) is 23.3 Å². The lowest BCUT2D eigenvalue weighted by molar-refractivity contribution is 0.103. The van der Waals surface area contributed by atoms with E-state index in [4.69, 9.17) is 11.0 Å². The minimum Gasteiger partial charge on any atom is -0.397 e. The fourth-order valence-corrected chi connectivity index (χ4v) is 3.48. The molecule has 0 aliphatic carbocycles. The van der Waals surface area contributed by atoms with Crippen LogP contribution >= 0.6 is 11.3 Å². The van der Waals surface area contributed by atoms with Crippen molar-refractivity contribution in [3.8, 4) is 6.07 Å². The van der Waals surface area contributed by atoms with Gasteiger partial charge >= 0.3 is 0 Å². The fraction of sp³-hybridized carbons (Fsp3) is 0.167. The molecule has 0 saturated heterocycles. The van der Waals surface area contributed by atoms with Crippen LogP contribution in [-0.4, -0.2) is 10.9 Å². The van der Waals surface area contributed by atoms with E-state index in [0.717, 1.165) is 28.8 Å². The summed E-state index contributed by atoms with van der Waals surface area (Å²) in [4.78, 5) is 18.3. The number of hydrogen-bond acceptors (Lipinski definition) is 5. The van der Waals surface area contributed by atoms with Crippen molar-refractivity contribution in [2.75, 3.05) is 11.1 Å². The molecule has 0 aliphatic heterocycles. The number of nitrogens with one attached hydrogen (secondary N) is 1. The summed E-state index contributed by atoms with van der Waals surface area (Å²) in [5, 5.41) is 12.7. The molecule has 5 nitrogen and oxygen atoms in total. The van der Waals surface area contributed by atoms with Gasteiger partial charge in [-0.25, -0.2) is 4.98 Å². The molecule has 6 heteroatoms. The van der Waals surface area contributed by atoms with Crippen LogP contribution in [0.2, 0.25) is 0 Å². The van der Waals surface area contributed by atoms with E-state index in [0.29, 0.717) is 21.8 Å². The molecule has 0 unspecified atom stereocenters. The Morgan fingerprint density at radius 1 is 1.33 bits per heavy atom. The first-order valence-electron chi connectivity index (χ1n) is 7.62. The van der Waals surface area contributed by atoms with Crippen LogP contribution in [0.1, 0.15) is 34.3 Å². The Kier molecular flexibility index (Phi) is 4.45. The van der Waals surface area contributed by atoms with Gasteiger partial charge in [0.25, 0.3) is 5.91 Å². The van der Waals surface area contributed by atoms with Crippen LogP contribution in [0, 0.1) is 11.3 Å². The quantitative estimate of drug-likeness (QED) is 0.754. The Morgan fingerprint density at radius 2 is 2.12 bits per heavy atom. The van der Waals surface area contributed by atoms with Gasteiger partial charge in [-0.3, -0.25) is 4.79 Å². The highest BCUT2D eigenvalue weighted by Gasteiger charge is 2.18. The molecule has 2 aromatic heterocycles. The summed E-state index contributed by atoms with van der Waals surface area (Å²) >= 11 is 1.27. The van der Waals surface area contributed by atoms with Crippen molar-refractivity contribution in [2.45, 2.75) is 19.8 Å². The van der Waals surface area contributed by atoms with Crippen LogP contribution in [0.25, 0.3) is 10.2 Å². The van der Waals surface area contributed by atoms with E-state index in [1.165, 1.54) is 11.3 Å². The summed E-state index contributed by atoms with van der Waals surface area (Å²) in [7, 11) is 0. The molecule has 0 atom stereocenters. The second kappa shape index (κ2) is 6.69. The van der Waals surface area contributed by atoms with E-state index >= 15 is 0 Å². The number of nitrogens with two attached hydrogens (primary N) is 1.